The number of hydrogen-bond acceptors (Lipinski definition) is 4. The molecule has 5 heteroatoms. The monoisotopic (exact) mass is 209 g/mol. The average Bonchev–Trinajstić information content (AvgIpc) is 2.03. The second-order valence-corrected chi connectivity index (χ2v) is 4.42. The summed E-state index contributed by atoms with van der Waals surface area (Å²) in [6, 6.07) is 0. The molecule has 0 N–H and O–H groups in total. The summed E-state index contributed by atoms with van der Waals surface area (Å²) in [6.07, 6.45) is 0. The summed E-state index contributed by atoms with van der Waals surface area (Å²) in [5.41, 5.74) is 0. The normalized spacial score (nSPS) is 9.27. The van der Waals surface area contributed by atoms with Gasteiger partial charge in [-0.15, -0.1) is 0 Å². The van der Waals surface area contributed by atoms with Gasteiger partial charge in [0.2, 0.25) is 0 Å². The summed E-state index contributed by atoms with van der Waals surface area (Å²) < 4.78 is 1.62. The smallest absolute Gasteiger partial charge is 0.267 e. The van der Waals surface area contributed by atoms with E-state index in [0.29, 0.717) is 0 Å². The molecule has 1 amide bonds. The Labute approximate surface area is 81.4 Å². The van der Waals surface area contributed by atoms with Gasteiger partial charge in [-0.2, -0.15) is 0 Å². The van der Waals surface area contributed by atoms with E-state index in [0.717, 1.165) is 11.5 Å². The highest BCUT2D eigenvalue weighted by Crippen LogP contribution is 2.20. The Balaban J connectivity index is 3.86. The van der Waals surface area contributed by atoms with Crippen LogP contribution < -0.4 is 0 Å². The third-order valence-corrected chi connectivity index (χ3v) is 2.95. The van der Waals surface area contributed by atoms with Crippen LogP contribution in [0.2, 0.25) is 0 Å². The van der Waals surface area contributed by atoms with E-state index in [9.17, 15) is 4.79 Å². The molecule has 0 aromatic carbocycles. The molecule has 0 aromatic heterocycles. The molecule has 0 rings (SSSR count). The maximum atomic E-state index is 11.0. The van der Waals surface area contributed by atoms with Crippen LogP contribution in [0.4, 0.5) is 0 Å². The molecule has 0 fully saturated rings. The highest BCUT2D eigenvalue weighted by Gasteiger charge is 2.09. The Morgan fingerprint density at radius 3 is 2.18 bits per heavy atom. The van der Waals surface area contributed by atoms with Crippen molar-refractivity contribution in [2.24, 2.45) is 0 Å². The zero-order chi connectivity index (χ0) is 8.69. The lowest BCUT2D eigenvalue weighted by Crippen LogP contribution is -2.17. The molecule has 0 heterocycles. The van der Waals surface area contributed by atoms with Crippen molar-refractivity contribution in [3.63, 3.8) is 0 Å². The second-order valence-electron chi connectivity index (χ2n) is 1.55. The Bertz CT molecular complexity index is 134. The molecule has 0 saturated heterocycles. The van der Waals surface area contributed by atoms with Crippen LogP contribution in [0.5, 0.6) is 0 Å². The lowest BCUT2D eigenvalue weighted by Gasteiger charge is -2.15. The maximum Gasteiger partial charge on any atom is 0.277 e. The fourth-order valence-electron chi connectivity index (χ4n) is 0.442. The Hall–Kier alpha value is 0.260. The van der Waals surface area contributed by atoms with Gasteiger partial charge in [-0.25, -0.2) is 3.71 Å². The number of thiocarbonyl (C=S) groups is 1. The highest BCUT2D eigenvalue weighted by atomic mass is 32.2. The first-order valence-electron chi connectivity index (χ1n) is 3.31. The Morgan fingerprint density at radius 1 is 1.45 bits per heavy atom. The molecule has 64 valence electrons. The van der Waals surface area contributed by atoms with E-state index < -0.39 is 0 Å². The van der Waals surface area contributed by atoms with Gasteiger partial charge in [-0.05, 0) is 23.9 Å². The molecule has 0 atom stereocenters. The third kappa shape index (κ3) is 4.66. The number of carbonyl (C=O) groups is 1. The first-order valence-corrected chi connectivity index (χ1v) is 5.67. The number of nitrogens with zero attached hydrogens (tertiary/aromatic N) is 1. The molecule has 11 heavy (non-hydrogen) atoms. The molecule has 0 unspecified atom stereocenters. The van der Waals surface area contributed by atoms with Crippen molar-refractivity contribution >= 4 is 47.4 Å². The van der Waals surface area contributed by atoms with Crippen molar-refractivity contribution < 1.29 is 4.79 Å². The van der Waals surface area contributed by atoms with Gasteiger partial charge in [0.05, 0.1) is 5.37 Å². The van der Waals surface area contributed by atoms with Gasteiger partial charge < -0.3 is 0 Å². The van der Waals surface area contributed by atoms with Crippen LogP contribution >= 0.6 is 36.1 Å². The number of hydrogen-bond donors (Lipinski definition) is 0. The van der Waals surface area contributed by atoms with Crippen molar-refractivity contribution in [3.05, 3.63) is 0 Å². The molecule has 0 bridgehead atoms. The molecule has 0 saturated carbocycles. The van der Waals surface area contributed by atoms with Gasteiger partial charge in [-0.3, -0.25) is 4.79 Å². The summed E-state index contributed by atoms with van der Waals surface area (Å²) in [5.74, 6) is 1.68. The Kier molecular flexibility index (Phi) is 7.10. The number of carbonyl (C=O) groups excluding carboxylic acids is 1. The van der Waals surface area contributed by atoms with Gasteiger partial charge in [0.25, 0.3) is 5.91 Å². The van der Waals surface area contributed by atoms with Crippen molar-refractivity contribution in [2.75, 3.05) is 11.5 Å². The van der Waals surface area contributed by atoms with Crippen molar-refractivity contribution in [1.82, 2.24) is 3.71 Å². The summed E-state index contributed by atoms with van der Waals surface area (Å²) in [5, 5.41) is 1.17. The standard InChI is InChI=1S/C6H11NOS3/c1-3-10-7(11-4-2)6(8)5-9/h5H,3-4H2,1-2H3. The molecule has 0 aliphatic rings. The SMILES string of the molecule is CCSN(SCC)C(=O)C=S. The van der Waals surface area contributed by atoms with Gasteiger partial charge >= 0.3 is 0 Å². The predicted molar refractivity (Wildman–Crippen MR) is 56.8 cm³/mol. The zero-order valence-corrected chi connectivity index (χ0v) is 9.02. The highest BCUT2D eigenvalue weighted by molar-refractivity contribution is 8.12. The lowest BCUT2D eigenvalue weighted by atomic mass is 10.8. The average molecular weight is 209 g/mol. The van der Waals surface area contributed by atoms with Crippen LogP contribution in [0.15, 0.2) is 0 Å². The zero-order valence-electron chi connectivity index (χ0n) is 6.57. The first-order chi connectivity index (χ1) is 5.26. The van der Waals surface area contributed by atoms with E-state index >= 15 is 0 Å². The van der Waals surface area contributed by atoms with E-state index in [1.165, 1.54) is 29.3 Å². The fraction of sp³-hybridized carbons (Fsp3) is 0.667. The first kappa shape index (κ1) is 11.3. The molecule has 0 radical (unpaired) electrons. The quantitative estimate of drug-likeness (QED) is 0.510. The van der Waals surface area contributed by atoms with Crippen LogP contribution in [0.1, 0.15) is 13.8 Å². The van der Waals surface area contributed by atoms with Gasteiger partial charge in [0.1, 0.15) is 0 Å². The molecule has 0 aromatic rings. The summed E-state index contributed by atoms with van der Waals surface area (Å²) in [6.45, 7) is 4.01. The minimum absolute atomic E-state index is 0.0984. The minimum atomic E-state index is -0.0984. The van der Waals surface area contributed by atoms with Gasteiger partial charge in [0, 0.05) is 11.5 Å². The molecule has 0 aliphatic carbocycles. The topological polar surface area (TPSA) is 20.3 Å². The fourth-order valence-corrected chi connectivity index (χ4v) is 2.44. The molecule has 0 aliphatic heterocycles. The summed E-state index contributed by atoms with van der Waals surface area (Å²) >= 11 is 7.50. The molecular formula is C6H11NOS3. The molecule has 2 nitrogen and oxygen atoms in total. The van der Waals surface area contributed by atoms with E-state index in [2.05, 4.69) is 12.2 Å². The minimum Gasteiger partial charge on any atom is -0.267 e. The van der Waals surface area contributed by atoms with Crippen molar-refractivity contribution in [3.8, 4) is 0 Å². The van der Waals surface area contributed by atoms with E-state index in [-0.39, 0.29) is 5.91 Å². The van der Waals surface area contributed by atoms with Crippen molar-refractivity contribution in [1.29, 1.82) is 0 Å². The van der Waals surface area contributed by atoms with E-state index in [4.69, 9.17) is 0 Å². The summed E-state index contributed by atoms with van der Waals surface area (Å²) in [4.78, 5) is 11.0. The molecular weight excluding hydrogens is 198 g/mol. The number of rotatable bonds is 5. The number of amides is 1. The molecule has 0 spiro atoms. The van der Waals surface area contributed by atoms with Gasteiger partial charge in [0.15, 0.2) is 0 Å². The van der Waals surface area contributed by atoms with Gasteiger partial charge in [-0.1, -0.05) is 26.1 Å². The predicted octanol–water partition coefficient (Wildman–Crippen LogP) is 2.15. The van der Waals surface area contributed by atoms with Crippen LogP contribution in [-0.2, 0) is 4.79 Å². The third-order valence-electron chi connectivity index (χ3n) is 0.773. The maximum absolute atomic E-state index is 11.0. The second kappa shape index (κ2) is 6.94. The largest absolute Gasteiger partial charge is 0.277 e. The lowest BCUT2D eigenvalue weighted by molar-refractivity contribution is -0.115. The van der Waals surface area contributed by atoms with E-state index in [1.54, 1.807) is 3.71 Å². The Morgan fingerprint density at radius 2 is 1.91 bits per heavy atom. The van der Waals surface area contributed by atoms with E-state index in [1.807, 2.05) is 13.8 Å². The van der Waals surface area contributed by atoms with Crippen LogP contribution in [0.25, 0.3) is 0 Å². The van der Waals surface area contributed by atoms with Crippen LogP contribution in [0, 0.1) is 0 Å². The van der Waals surface area contributed by atoms with Crippen molar-refractivity contribution in [2.45, 2.75) is 13.8 Å². The van der Waals surface area contributed by atoms with Crippen LogP contribution in [-0.4, -0.2) is 26.5 Å². The summed E-state index contributed by atoms with van der Waals surface area (Å²) in [7, 11) is 0. The van der Waals surface area contributed by atoms with Crippen LogP contribution in [0.3, 0.4) is 0 Å².